The fourth-order valence-corrected chi connectivity index (χ4v) is 5.68. The van der Waals surface area contributed by atoms with Gasteiger partial charge in [-0.05, 0) is 61.1 Å². The molecule has 182 valence electrons. The van der Waals surface area contributed by atoms with Crippen LogP contribution in [0.25, 0.3) is 11.3 Å². The summed E-state index contributed by atoms with van der Waals surface area (Å²) in [5, 5.41) is 0. The Hall–Kier alpha value is -1.63. The Morgan fingerprint density at radius 2 is 1.33 bits per heavy atom. The lowest BCUT2D eigenvalue weighted by molar-refractivity contribution is 0.239. The van der Waals surface area contributed by atoms with Gasteiger partial charge in [0, 0.05) is 11.8 Å². The second-order valence-corrected chi connectivity index (χ2v) is 10.7. The normalized spacial score (nSPS) is 18.5. The molecule has 0 bridgehead atoms. The van der Waals surface area contributed by atoms with E-state index in [1.165, 1.54) is 119 Å². The van der Waals surface area contributed by atoms with Crippen molar-refractivity contribution in [2.75, 3.05) is 0 Å². The number of aryl methyl sites for hydroxylation is 2. The van der Waals surface area contributed by atoms with Crippen LogP contribution in [0.5, 0.6) is 0 Å². The topological polar surface area (TPSA) is 12.9 Å². The Balaban J connectivity index is 1.39. The van der Waals surface area contributed by atoms with E-state index >= 15 is 0 Å². The first-order valence-electron chi connectivity index (χ1n) is 14.3. The van der Waals surface area contributed by atoms with Crippen LogP contribution in [0.15, 0.2) is 42.6 Å². The van der Waals surface area contributed by atoms with E-state index in [-0.39, 0.29) is 0 Å². The largest absolute Gasteiger partial charge is 0.256 e. The second kappa shape index (κ2) is 15.3. The zero-order chi connectivity index (χ0) is 23.1. The van der Waals surface area contributed by atoms with Crippen LogP contribution in [-0.2, 0) is 12.8 Å². The van der Waals surface area contributed by atoms with E-state index in [1.807, 2.05) is 0 Å². The molecule has 1 aliphatic rings. The number of unbranched alkanes of at least 4 members (excludes halogenated alkanes) is 7. The van der Waals surface area contributed by atoms with Crippen molar-refractivity contribution in [2.45, 2.75) is 123 Å². The lowest BCUT2D eigenvalue weighted by Crippen LogP contribution is -2.16. The highest BCUT2D eigenvalue weighted by Crippen LogP contribution is 2.35. The minimum Gasteiger partial charge on any atom is -0.256 e. The van der Waals surface area contributed by atoms with Crippen LogP contribution in [0.3, 0.4) is 0 Å². The molecule has 1 aromatic heterocycles. The fraction of sp³-hybridized carbons (Fsp3) is 0.656. The van der Waals surface area contributed by atoms with Crippen molar-refractivity contribution in [3.05, 3.63) is 53.7 Å². The van der Waals surface area contributed by atoms with E-state index in [0.717, 1.165) is 24.0 Å². The highest BCUT2D eigenvalue weighted by molar-refractivity contribution is 5.59. The van der Waals surface area contributed by atoms with Crippen molar-refractivity contribution in [1.29, 1.82) is 0 Å². The van der Waals surface area contributed by atoms with Crippen LogP contribution in [0, 0.1) is 11.8 Å². The summed E-state index contributed by atoms with van der Waals surface area (Å²) in [4.78, 5) is 4.75. The van der Waals surface area contributed by atoms with Crippen molar-refractivity contribution < 1.29 is 0 Å². The maximum Gasteiger partial charge on any atom is 0.0702 e. The number of rotatable bonds is 15. The summed E-state index contributed by atoms with van der Waals surface area (Å²) in [7, 11) is 0. The summed E-state index contributed by atoms with van der Waals surface area (Å²) >= 11 is 0. The molecule has 0 amide bonds. The molecule has 0 radical (unpaired) electrons. The Bertz CT molecular complexity index is 745. The number of benzene rings is 1. The summed E-state index contributed by atoms with van der Waals surface area (Å²) in [5.41, 5.74) is 5.22. The van der Waals surface area contributed by atoms with E-state index in [0.29, 0.717) is 0 Å². The third kappa shape index (κ3) is 9.63. The van der Waals surface area contributed by atoms with Crippen LogP contribution in [0.4, 0.5) is 0 Å². The van der Waals surface area contributed by atoms with Gasteiger partial charge in [-0.3, -0.25) is 4.98 Å². The van der Waals surface area contributed by atoms with Gasteiger partial charge in [0.05, 0.1) is 5.69 Å². The third-order valence-electron chi connectivity index (χ3n) is 7.84. The molecule has 1 saturated carbocycles. The van der Waals surface area contributed by atoms with Crippen molar-refractivity contribution >= 4 is 0 Å². The molecule has 0 spiro atoms. The molecule has 1 heterocycles. The number of hydrogen-bond acceptors (Lipinski definition) is 1. The Labute approximate surface area is 204 Å². The summed E-state index contributed by atoms with van der Waals surface area (Å²) in [5.74, 6) is 1.96. The molecular formula is C32H49N. The molecule has 1 aliphatic carbocycles. The molecule has 0 N–H and O–H groups in total. The zero-order valence-electron chi connectivity index (χ0n) is 21.7. The lowest BCUT2D eigenvalue weighted by Gasteiger charge is -2.29. The number of pyridine rings is 1. The van der Waals surface area contributed by atoms with Crippen molar-refractivity contribution in [2.24, 2.45) is 11.8 Å². The Morgan fingerprint density at radius 1 is 0.667 bits per heavy atom. The molecule has 2 unspecified atom stereocenters. The minimum atomic E-state index is 0.950. The van der Waals surface area contributed by atoms with Gasteiger partial charge in [-0.2, -0.15) is 0 Å². The van der Waals surface area contributed by atoms with Gasteiger partial charge in [0.15, 0.2) is 0 Å². The van der Waals surface area contributed by atoms with Crippen LogP contribution < -0.4 is 0 Å². The van der Waals surface area contributed by atoms with Crippen LogP contribution in [0.1, 0.15) is 121 Å². The zero-order valence-corrected chi connectivity index (χ0v) is 21.7. The van der Waals surface area contributed by atoms with Gasteiger partial charge < -0.3 is 0 Å². The van der Waals surface area contributed by atoms with Gasteiger partial charge in [-0.1, -0.05) is 121 Å². The standard InChI is InChI=1S/C32H49N/c1-3-5-7-9-11-13-28-15-12-16-29(25-28)18-17-27-19-22-31(23-20-27)32-24-21-30(26-33-32)14-10-8-6-4-2/h19-24,26,28-29H,3-18,25H2,1-2H3. The summed E-state index contributed by atoms with van der Waals surface area (Å²) in [6.45, 7) is 4.58. The predicted octanol–water partition coefficient (Wildman–Crippen LogP) is 9.97. The molecule has 1 fully saturated rings. The van der Waals surface area contributed by atoms with Gasteiger partial charge in [-0.25, -0.2) is 0 Å². The molecule has 1 nitrogen and oxygen atoms in total. The average molecular weight is 448 g/mol. The van der Waals surface area contributed by atoms with Gasteiger partial charge in [0.2, 0.25) is 0 Å². The Morgan fingerprint density at radius 3 is 2.03 bits per heavy atom. The quantitative estimate of drug-likeness (QED) is 0.247. The molecule has 2 aromatic rings. The van der Waals surface area contributed by atoms with E-state index in [1.54, 1.807) is 0 Å². The van der Waals surface area contributed by atoms with Crippen LogP contribution >= 0.6 is 0 Å². The molecule has 33 heavy (non-hydrogen) atoms. The molecule has 1 aromatic carbocycles. The number of aromatic nitrogens is 1. The van der Waals surface area contributed by atoms with Gasteiger partial charge >= 0.3 is 0 Å². The number of nitrogens with zero attached hydrogens (tertiary/aromatic N) is 1. The van der Waals surface area contributed by atoms with Crippen LogP contribution in [-0.4, -0.2) is 4.98 Å². The maximum atomic E-state index is 4.75. The van der Waals surface area contributed by atoms with Gasteiger partial charge in [0.1, 0.15) is 0 Å². The van der Waals surface area contributed by atoms with Crippen LogP contribution in [0.2, 0.25) is 0 Å². The fourth-order valence-electron chi connectivity index (χ4n) is 5.68. The molecule has 3 rings (SSSR count). The molecule has 2 atom stereocenters. The average Bonchev–Trinajstić information content (AvgIpc) is 2.86. The van der Waals surface area contributed by atoms with Crippen molar-refractivity contribution in [1.82, 2.24) is 4.98 Å². The Kier molecular flexibility index (Phi) is 12.1. The molecular weight excluding hydrogens is 398 g/mol. The third-order valence-corrected chi connectivity index (χ3v) is 7.84. The van der Waals surface area contributed by atoms with Gasteiger partial charge in [-0.15, -0.1) is 0 Å². The van der Waals surface area contributed by atoms with E-state index in [4.69, 9.17) is 4.98 Å². The predicted molar refractivity (Wildman–Crippen MR) is 145 cm³/mol. The maximum absolute atomic E-state index is 4.75. The van der Waals surface area contributed by atoms with E-state index in [2.05, 4.69) is 56.4 Å². The molecule has 1 heteroatoms. The second-order valence-electron chi connectivity index (χ2n) is 10.7. The monoisotopic (exact) mass is 447 g/mol. The van der Waals surface area contributed by atoms with Crippen molar-refractivity contribution in [3.8, 4) is 11.3 Å². The smallest absolute Gasteiger partial charge is 0.0702 e. The molecule has 0 saturated heterocycles. The minimum absolute atomic E-state index is 0.950. The molecule has 0 aliphatic heterocycles. The summed E-state index contributed by atoms with van der Waals surface area (Å²) < 4.78 is 0. The SMILES string of the molecule is CCCCCCCC1CCCC(CCc2ccc(-c3ccc(CCCCCC)cn3)cc2)C1. The van der Waals surface area contributed by atoms with Crippen molar-refractivity contribution in [3.63, 3.8) is 0 Å². The highest BCUT2D eigenvalue weighted by atomic mass is 14.7. The summed E-state index contributed by atoms with van der Waals surface area (Å²) in [6.07, 6.45) is 25.6. The van der Waals surface area contributed by atoms with E-state index in [9.17, 15) is 0 Å². The first-order valence-corrected chi connectivity index (χ1v) is 14.3. The first kappa shape index (κ1) is 26.0. The number of hydrogen-bond donors (Lipinski definition) is 0. The van der Waals surface area contributed by atoms with E-state index < -0.39 is 0 Å². The highest BCUT2D eigenvalue weighted by Gasteiger charge is 2.21. The lowest BCUT2D eigenvalue weighted by atomic mass is 9.77. The summed E-state index contributed by atoms with van der Waals surface area (Å²) in [6, 6.07) is 13.7. The first-order chi connectivity index (χ1) is 16.3. The van der Waals surface area contributed by atoms with Gasteiger partial charge in [0.25, 0.3) is 0 Å².